The van der Waals surface area contributed by atoms with Crippen molar-refractivity contribution in [2.45, 2.75) is 19.4 Å². The summed E-state index contributed by atoms with van der Waals surface area (Å²) in [7, 11) is 0. The van der Waals surface area contributed by atoms with Crippen LogP contribution in [0.2, 0.25) is 0 Å². The van der Waals surface area contributed by atoms with E-state index in [2.05, 4.69) is 49.4 Å². The third kappa shape index (κ3) is 1.92. The highest BCUT2D eigenvalue weighted by atomic mass is 32.1. The van der Waals surface area contributed by atoms with Crippen LogP contribution in [0.5, 0.6) is 0 Å². The molecule has 1 N–H and O–H groups in total. The molecule has 0 spiro atoms. The Hall–Kier alpha value is -0.410. The molecule has 0 aromatic rings. The zero-order valence-electron chi connectivity index (χ0n) is 8.38. The van der Waals surface area contributed by atoms with Crippen LogP contribution in [0.3, 0.4) is 0 Å². The molecule has 1 aliphatic rings. The Balaban J connectivity index is 2.43. The van der Waals surface area contributed by atoms with Crippen LogP contribution < -0.4 is 5.32 Å². The van der Waals surface area contributed by atoms with Gasteiger partial charge in [-0.25, -0.2) is 4.31 Å². The maximum absolute atomic E-state index is 4.39. The van der Waals surface area contributed by atoms with Crippen molar-refractivity contribution < 1.29 is 0 Å². The summed E-state index contributed by atoms with van der Waals surface area (Å²) < 4.78 is 2.07. The van der Waals surface area contributed by atoms with Crippen LogP contribution in [0.4, 0.5) is 0 Å². The lowest BCUT2D eigenvalue weighted by Crippen LogP contribution is -2.64. The van der Waals surface area contributed by atoms with E-state index in [-0.39, 0.29) is 5.54 Å². The van der Waals surface area contributed by atoms with E-state index in [9.17, 15) is 0 Å². The molecule has 0 aliphatic carbocycles. The Morgan fingerprint density at radius 1 is 1.85 bits per heavy atom. The van der Waals surface area contributed by atoms with Crippen LogP contribution in [0.25, 0.3) is 0 Å². The van der Waals surface area contributed by atoms with E-state index in [1.54, 1.807) is 6.08 Å². The number of hydrogen-bond acceptors (Lipinski definition) is 3. The highest BCUT2D eigenvalue weighted by Gasteiger charge is 2.45. The second kappa shape index (κ2) is 3.76. The molecule has 1 fully saturated rings. The van der Waals surface area contributed by atoms with Gasteiger partial charge in [-0.1, -0.05) is 32.9 Å². The summed E-state index contributed by atoms with van der Waals surface area (Å²) in [6.07, 6.45) is 1.73. The molecule has 74 valence electrons. The van der Waals surface area contributed by atoms with Crippen molar-refractivity contribution in [3.8, 4) is 0 Å². The minimum Gasteiger partial charge on any atom is -0.384 e. The summed E-state index contributed by atoms with van der Waals surface area (Å²) >= 11 is 4.39. The van der Waals surface area contributed by atoms with Crippen LogP contribution in [0, 0.1) is 5.92 Å². The van der Waals surface area contributed by atoms with Crippen LogP contribution in [0.15, 0.2) is 24.9 Å². The summed E-state index contributed by atoms with van der Waals surface area (Å²) in [5, 5.41) is 3.23. The molecule has 13 heavy (non-hydrogen) atoms. The number of hydrogen-bond donors (Lipinski definition) is 2. The number of allylic oxidation sites excluding steroid dienone is 1. The number of nitrogens with one attached hydrogen (secondary N) is 1. The topological polar surface area (TPSA) is 15.3 Å². The first-order valence-corrected chi connectivity index (χ1v) is 4.92. The molecule has 0 bridgehead atoms. The van der Waals surface area contributed by atoms with Gasteiger partial charge in [0.05, 0.1) is 0 Å². The third-order valence-electron chi connectivity index (χ3n) is 3.02. The second-order valence-electron chi connectivity index (χ2n) is 3.92. The fourth-order valence-electron chi connectivity index (χ4n) is 1.44. The summed E-state index contributed by atoms with van der Waals surface area (Å²) in [6, 6.07) is 0. The highest BCUT2D eigenvalue weighted by molar-refractivity contribution is 7.77. The number of nitrogens with zero attached hydrogens (tertiary/aromatic N) is 1. The standard InChI is InChI=1S/C10H18N2S/c1-5-9(3)11-7-10(4)8(2)6-12(10)13/h5,8,11,13H,1,3,6-7H2,2,4H3. The molecule has 1 heterocycles. The van der Waals surface area contributed by atoms with E-state index in [0.717, 1.165) is 18.8 Å². The van der Waals surface area contributed by atoms with Crippen LogP contribution in [-0.4, -0.2) is 22.9 Å². The maximum atomic E-state index is 4.39. The van der Waals surface area contributed by atoms with E-state index >= 15 is 0 Å². The molecule has 1 saturated heterocycles. The summed E-state index contributed by atoms with van der Waals surface area (Å²) in [5.74, 6) is 0.676. The van der Waals surface area contributed by atoms with Gasteiger partial charge in [0.2, 0.25) is 0 Å². The van der Waals surface area contributed by atoms with Gasteiger partial charge in [0.15, 0.2) is 0 Å². The first-order valence-electron chi connectivity index (χ1n) is 4.52. The molecular weight excluding hydrogens is 180 g/mol. The quantitative estimate of drug-likeness (QED) is 0.529. The first-order chi connectivity index (χ1) is 6.00. The van der Waals surface area contributed by atoms with Crippen LogP contribution in [-0.2, 0) is 0 Å². The molecule has 0 saturated carbocycles. The van der Waals surface area contributed by atoms with E-state index in [1.807, 2.05) is 0 Å². The second-order valence-corrected chi connectivity index (χ2v) is 4.41. The molecular formula is C10H18N2S. The Morgan fingerprint density at radius 3 is 2.85 bits per heavy atom. The van der Waals surface area contributed by atoms with Crippen molar-refractivity contribution in [2.24, 2.45) is 5.92 Å². The molecule has 0 amide bonds. The molecule has 3 heteroatoms. The molecule has 2 unspecified atom stereocenters. The normalized spacial score (nSPS) is 33.6. The van der Waals surface area contributed by atoms with Crippen molar-refractivity contribution in [1.82, 2.24) is 9.62 Å². The molecule has 0 aromatic carbocycles. The Labute approximate surface area is 86.2 Å². The van der Waals surface area contributed by atoms with Crippen molar-refractivity contribution in [3.63, 3.8) is 0 Å². The fourth-order valence-corrected chi connectivity index (χ4v) is 1.95. The fraction of sp³-hybridized carbons (Fsp3) is 0.600. The largest absolute Gasteiger partial charge is 0.384 e. The van der Waals surface area contributed by atoms with Crippen molar-refractivity contribution in [2.75, 3.05) is 13.1 Å². The summed E-state index contributed by atoms with van der Waals surface area (Å²) in [5.41, 5.74) is 1.02. The molecule has 0 radical (unpaired) electrons. The number of rotatable bonds is 4. The lowest BCUT2D eigenvalue weighted by Gasteiger charge is -2.53. The maximum Gasteiger partial charge on any atom is 0.0493 e. The van der Waals surface area contributed by atoms with Gasteiger partial charge in [-0.15, -0.1) is 0 Å². The average molecular weight is 198 g/mol. The van der Waals surface area contributed by atoms with Gasteiger partial charge in [0.1, 0.15) is 0 Å². The Morgan fingerprint density at radius 2 is 2.46 bits per heavy atom. The van der Waals surface area contributed by atoms with Gasteiger partial charge in [0.25, 0.3) is 0 Å². The predicted octanol–water partition coefficient (Wildman–Crippen LogP) is 1.83. The van der Waals surface area contributed by atoms with E-state index in [1.165, 1.54) is 0 Å². The van der Waals surface area contributed by atoms with E-state index in [0.29, 0.717) is 5.92 Å². The van der Waals surface area contributed by atoms with Gasteiger partial charge in [-0.05, 0) is 18.9 Å². The summed E-state index contributed by atoms with van der Waals surface area (Å²) in [4.78, 5) is 0. The van der Waals surface area contributed by atoms with Gasteiger partial charge < -0.3 is 5.32 Å². The molecule has 1 rings (SSSR count). The molecule has 1 aliphatic heterocycles. The predicted molar refractivity (Wildman–Crippen MR) is 60.6 cm³/mol. The minimum absolute atomic E-state index is 0.148. The lowest BCUT2D eigenvalue weighted by atomic mass is 9.79. The van der Waals surface area contributed by atoms with Gasteiger partial charge in [0, 0.05) is 24.3 Å². The minimum atomic E-state index is 0.148. The van der Waals surface area contributed by atoms with Crippen molar-refractivity contribution in [1.29, 1.82) is 0 Å². The zero-order chi connectivity index (χ0) is 10.1. The smallest absolute Gasteiger partial charge is 0.0493 e. The van der Waals surface area contributed by atoms with Crippen LogP contribution >= 0.6 is 12.8 Å². The monoisotopic (exact) mass is 198 g/mol. The SMILES string of the molecule is C=CC(=C)NCC1(C)C(C)CN1S. The molecule has 2 atom stereocenters. The van der Waals surface area contributed by atoms with E-state index in [4.69, 9.17) is 0 Å². The number of thiol groups is 1. The molecule has 2 nitrogen and oxygen atoms in total. The van der Waals surface area contributed by atoms with Gasteiger partial charge in [-0.2, -0.15) is 0 Å². The Bertz CT molecular complexity index is 217. The third-order valence-corrected chi connectivity index (χ3v) is 3.64. The molecule has 0 aromatic heterocycles. The zero-order valence-corrected chi connectivity index (χ0v) is 9.27. The summed E-state index contributed by atoms with van der Waals surface area (Å²) in [6.45, 7) is 13.8. The van der Waals surface area contributed by atoms with Gasteiger partial charge >= 0.3 is 0 Å². The highest BCUT2D eigenvalue weighted by Crippen LogP contribution is 2.36. The lowest BCUT2D eigenvalue weighted by molar-refractivity contribution is 0.0314. The van der Waals surface area contributed by atoms with E-state index < -0.39 is 0 Å². The average Bonchev–Trinajstić information content (AvgIpc) is 2.13. The Kier molecular flexibility index (Phi) is 3.09. The van der Waals surface area contributed by atoms with Crippen molar-refractivity contribution >= 4 is 12.8 Å². The first kappa shape index (κ1) is 10.7. The van der Waals surface area contributed by atoms with Crippen LogP contribution in [0.1, 0.15) is 13.8 Å². The van der Waals surface area contributed by atoms with Gasteiger partial charge in [-0.3, -0.25) is 0 Å². The van der Waals surface area contributed by atoms with Crippen molar-refractivity contribution in [3.05, 3.63) is 24.9 Å².